The summed E-state index contributed by atoms with van der Waals surface area (Å²) in [7, 11) is 1.64. The molecular formula is C26H29N3O5. The quantitative estimate of drug-likeness (QED) is 0.552. The number of benzene rings is 2. The van der Waals surface area contributed by atoms with E-state index in [2.05, 4.69) is 4.90 Å². The number of nitrogens with zero attached hydrogens (tertiary/aromatic N) is 3. The maximum absolute atomic E-state index is 13.0. The average molecular weight is 464 g/mol. The van der Waals surface area contributed by atoms with Crippen LogP contribution in [0.5, 0.6) is 11.5 Å². The number of hydrogen-bond acceptors (Lipinski definition) is 6. The third-order valence-corrected chi connectivity index (χ3v) is 5.94. The van der Waals surface area contributed by atoms with Crippen LogP contribution >= 0.6 is 0 Å². The number of hydrogen-bond donors (Lipinski definition) is 1. The van der Waals surface area contributed by atoms with E-state index in [0.29, 0.717) is 31.9 Å². The molecule has 0 spiro atoms. The van der Waals surface area contributed by atoms with Crippen LogP contribution in [0.4, 0.5) is 5.69 Å². The van der Waals surface area contributed by atoms with Crippen molar-refractivity contribution in [1.82, 2.24) is 9.47 Å². The van der Waals surface area contributed by atoms with Crippen LogP contribution in [0.2, 0.25) is 0 Å². The van der Waals surface area contributed by atoms with Crippen molar-refractivity contribution in [1.29, 1.82) is 0 Å². The standard InChI is InChI=1S/C26H29N3O5/c1-33-23-9-5-8-21(14-23)27-10-12-28(13-11-27)26(32)17-29-16-25(24(31)15-22(29)18-30)34-19-20-6-3-2-4-7-20/h2-9,14-16,30H,10-13,17-19H2,1H3. The highest BCUT2D eigenvalue weighted by molar-refractivity contribution is 5.76. The van der Waals surface area contributed by atoms with Gasteiger partial charge in [-0.05, 0) is 17.7 Å². The Kier molecular flexibility index (Phi) is 7.49. The minimum atomic E-state index is -0.342. The van der Waals surface area contributed by atoms with Crippen LogP contribution in [0, 0.1) is 0 Å². The lowest BCUT2D eigenvalue weighted by Gasteiger charge is -2.36. The molecular weight excluding hydrogens is 434 g/mol. The fourth-order valence-electron chi connectivity index (χ4n) is 3.99. The number of piperazine rings is 1. The average Bonchev–Trinajstić information content (AvgIpc) is 2.89. The minimum absolute atomic E-state index is 0.0248. The third kappa shape index (κ3) is 5.58. The molecule has 2 heterocycles. The van der Waals surface area contributed by atoms with Crippen molar-refractivity contribution in [3.8, 4) is 11.5 Å². The Bertz CT molecular complexity index is 1170. The number of ether oxygens (including phenoxy) is 2. The van der Waals surface area contributed by atoms with Gasteiger partial charge in [0.05, 0.1) is 19.9 Å². The number of aliphatic hydroxyl groups excluding tert-OH is 1. The molecule has 0 atom stereocenters. The molecule has 3 aromatic rings. The SMILES string of the molecule is COc1cccc(N2CCN(C(=O)Cn3cc(OCc4ccccc4)c(=O)cc3CO)CC2)c1. The van der Waals surface area contributed by atoms with E-state index in [1.165, 1.54) is 12.3 Å². The topological polar surface area (TPSA) is 84.2 Å². The number of carbonyl (C=O) groups is 1. The van der Waals surface area contributed by atoms with Gasteiger partial charge in [-0.1, -0.05) is 36.4 Å². The van der Waals surface area contributed by atoms with Crippen molar-refractivity contribution in [2.75, 3.05) is 38.2 Å². The summed E-state index contributed by atoms with van der Waals surface area (Å²) >= 11 is 0. The molecule has 1 aliphatic heterocycles. The number of methoxy groups -OCH3 is 1. The summed E-state index contributed by atoms with van der Waals surface area (Å²) in [6, 6.07) is 18.7. The van der Waals surface area contributed by atoms with Crippen LogP contribution in [0.25, 0.3) is 0 Å². The minimum Gasteiger partial charge on any atom is -0.497 e. The number of aliphatic hydroxyl groups is 1. The van der Waals surface area contributed by atoms with Gasteiger partial charge in [0.1, 0.15) is 18.9 Å². The number of anilines is 1. The van der Waals surface area contributed by atoms with Gasteiger partial charge in [0.2, 0.25) is 11.3 Å². The van der Waals surface area contributed by atoms with Crippen molar-refractivity contribution in [3.05, 3.63) is 88.3 Å². The summed E-state index contributed by atoms with van der Waals surface area (Å²) < 4.78 is 12.6. The number of pyridine rings is 1. The zero-order valence-electron chi connectivity index (χ0n) is 19.2. The van der Waals surface area contributed by atoms with Gasteiger partial charge in [0.15, 0.2) is 5.75 Å². The van der Waals surface area contributed by atoms with Gasteiger partial charge in [-0.15, -0.1) is 0 Å². The zero-order chi connectivity index (χ0) is 23.9. The lowest BCUT2D eigenvalue weighted by Crippen LogP contribution is -2.49. The van der Waals surface area contributed by atoms with Crippen LogP contribution in [-0.4, -0.2) is 53.8 Å². The Morgan fingerprint density at radius 1 is 1.00 bits per heavy atom. The molecule has 1 aliphatic rings. The summed E-state index contributed by atoms with van der Waals surface area (Å²) in [5.41, 5.74) is 2.05. The highest BCUT2D eigenvalue weighted by Crippen LogP contribution is 2.22. The van der Waals surface area contributed by atoms with Crippen LogP contribution in [0.15, 0.2) is 71.7 Å². The van der Waals surface area contributed by atoms with Gasteiger partial charge in [-0.25, -0.2) is 0 Å². The second kappa shape index (κ2) is 10.9. The van der Waals surface area contributed by atoms with E-state index in [1.54, 1.807) is 16.6 Å². The Labute approximate surface area is 198 Å². The lowest BCUT2D eigenvalue weighted by molar-refractivity contribution is -0.132. The normalized spacial score (nSPS) is 13.6. The van der Waals surface area contributed by atoms with Crippen LogP contribution in [0.3, 0.4) is 0 Å². The molecule has 1 fully saturated rings. The molecule has 1 N–H and O–H groups in total. The number of carbonyl (C=O) groups excluding carboxylic acids is 1. The van der Waals surface area contributed by atoms with E-state index in [9.17, 15) is 14.7 Å². The Hall–Kier alpha value is -3.78. The largest absolute Gasteiger partial charge is 0.497 e. The van der Waals surface area contributed by atoms with Crippen molar-refractivity contribution >= 4 is 11.6 Å². The van der Waals surface area contributed by atoms with Crippen molar-refractivity contribution in [3.63, 3.8) is 0 Å². The monoisotopic (exact) mass is 463 g/mol. The first kappa shape index (κ1) is 23.4. The van der Waals surface area contributed by atoms with Crippen molar-refractivity contribution in [2.24, 2.45) is 0 Å². The molecule has 34 heavy (non-hydrogen) atoms. The summed E-state index contributed by atoms with van der Waals surface area (Å²) in [5.74, 6) is 0.880. The first-order valence-corrected chi connectivity index (χ1v) is 11.2. The molecule has 1 saturated heterocycles. The van der Waals surface area contributed by atoms with E-state index in [4.69, 9.17) is 9.47 Å². The zero-order valence-corrected chi connectivity index (χ0v) is 19.2. The van der Waals surface area contributed by atoms with Crippen LogP contribution in [0.1, 0.15) is 11.3 Å². The van der Waals surface area contributed by atoms with Crippen molar-refractivity contribution < 1.29 is 19.4 Å². The number of amides is 1. The maximum atomic E-state index is 13.0. The molecule has 8 heteroatoms. The molecule has 0 saturated carbocycles. The molecule has 178 valence electrons. The van der Waals surface area contributed by atoms with Crippen LogP contribution < -0.4 is 19.8 Å². The summed E-state index contributed by atoms with van der Waals surface area (Å²) in [5, 5.41) is 9.73. The highest BCUT2D eigenvalue weighted by Gasteiger charge is 2.22. The predicted molar refractivity (Wildman–Crippen MR) is 129 cm³/mol. The summed E-state index contributed by atoms with van der Waals surface area (Å²) in [6.07, 6.45) is 1.52. The van der Waals surface area contributed by atoms with E-state index in [0.717, 1.165) is 17.0 Å². The Balaban J connectivity index is 1.40. The van der Waals surface area contributed by atoms with Gasteiger partial charge in [-0.3, -0.25) is 9.59 Å². The molecule has 0 aliphatic carbocycles. The molecule has 0 unspecified atom stereocenters. The van der Waals surface area contributed by atoms with Crippen molar-refractivity contribution in [2.45, 2.75) is 19.8 Å². The van der Waals surface area contributed by atoms with Crippen LogP contribution in [-0.2, 0) is 24.6 Å². The van der Waals surface area contributed by atoms with E-state index < -0.39 is 0 Å². The molecule has 1 amide bonds. The van der Waals surface area contributed by atoms with Gasteiger partial charge in [-0.2, -0.15) is 0 Å². The fraction of sp³-hybridized carbons (Fsp3) is 0.308. The smallest absolute Gasteiger partial charge is 0.242 e. The van der Waals surface area contributed by atoms with E-state index in [-0.39, 0.29) is 36.8 Å². The fourth-order valence-corrected chi connectivity index (χ4v) is 3.99. The van der Waals surface area contributed by atoms with E-state index >= 15 is 0 Å². The first-order chi connectivity index (χ1) is 16.6. The van der Waals surface area contributed by atoms with Gasteiger partial charge < -0.3 is 28.9 Å². The molecule has 8 nitrogen and oxygen atoms in total. The molecule has 4 rings (SSSR count). The van der Waals surface area contributed by atoms with Gasteiger partial charge >= 0.3 is 0 Å². The summed E-state index contributed by atoms with van der Waals surface area (Å²) in [6.45, 7) is 2.52. The molecule has 1 aromatic heterocycles. The van der Waals surface area contributed by atoms with E-state index in [1.807, 2.05) is 54.6 Å². The summed E-state index contributed by atoms with van der Waals surface area (Å²) in [4.78, 5) is 29.5. The highest BCUT2D eigenvalue weighted by atomic mass is 16.5. The number of rotatable bonds is 8. The molecule has 0 bridgehead atoms. The van der Waals surface area contributed by atoms with Gasteiger partial charge in [0.25, 0.3) is 0 Å². The number of aromatic nitrogens is 1. The maximum Gasteiger partial charge on any atom is 0.242 e. The molecule has 0 radical (unpaired) electrons. The third-order valence-electron chi connectivity index (χ3n) is 5.94. The first-order valence-electron chi connectivity index (χ1n) is 11.2. The van der Waals surface area contributed by atoms with Gasteiger partial charge in [0, 0.05) is 49.7 Å². The Morgan fingerprint density at radius 2 is 1.76 bits per heavy atom. The predicted octanol–water partition coefficient (Wildman–Crippen LogP) is 2.28. The Morgan fingerprint density at radius 3 is 2.47 bits per heavy atom. The molecule has 2 aromatic carbocycles. The second-order valence-corrected chi connectivity index (χ2v) is 8.12. The lowest BCUT2D eigenvalue weighted by atomic mass is 10.2. The second-order valence-electron chi connectivity index (χ2n) is 8.12.